The zero-order valence-electron chi connectivity index (χ0n) is 15.6. The largest absolute Gasteiger partial charge is 0.452 e. The summed E-state index contributed by atoms with van der Waals surface area (Å²) >= 11 is 11.7. The molecule has 0 fully saturated rings. The van der Waals surface area contributed by atoms with Crippen LogP contribution in [0.15, 0.2) is 53.3 Å². The van der Waals surface area contributed by atoms with Crippen molar-refractivity contribution >= 4 is 40.8 Å². The zero-order valence-corrected chi connectivity index (χ0v) is 17.1. The van der Waals surface area contributed by atoms with Crippen LogP contribution in [-0.4, -0.2) is 27.8 Å². The number of amides is 1. The lowest BCUT2D eigenvalue weighted by molar-refractivity contribution is -0.119. The normalized spacial score (nSPS) is 10.6. The molecule has 1 amide bonds. The summed E-state index contributed by atoms with van der Waals surface area (Å²) in [6.45, 7) is 1.14. The lowest BCUT2D eigenvalue weighted by atomic mass is 10.2. The molecule has 1 heterocycles. The summed E-state index contributed by atoms with van der Waals surface area (Å²) in [5, 5.41) is 3.06. The van der Waals surface area contributed by atoms with Crippen LogP contribution < -0.4 is 10.9 Å². The quantitative estimate of drug-likeness (QED) is 0.623. The standard InChI is InChI=1S/C20H17Cl2N3O4/c1-12-18(19(27)25(24(12)2)16-6-4-3-5-7-16)23-17(26)11-29-20(28)13-8-14(21)10-15(22)9-13/h3-10H,11H2,1-2H3,(H,23,26). The van der Waals surface area contributed by atoms with E-state index >= 15 is 0 Å². The third-order valence-corrected chi connectivity index (χ3v) is 4.69. The number of rotatable bonds is 5. The molecule has 7 nitrogen and oxygen atoms in total. The van der Waals surface area contributed by atoms with Gasteiger partial charge in [-0.15, -0.1) is 0 Å². The van der Waals surface area contributed by atoms with Crippen LogP contribution in [0.1, 0.15) is 16.1 Å². The minimum atomic E-state index is -0.754. The molecule has 150 valence electrons. The highest BCUT2D eigenvalue weighted by Gasteiger charge is 2.19. The van der Waals surface area contributed by atoms with Gasteiger partial charge in [0.05, 0.1) is 16.9 Å². The van der Waals surface area contributed by atoms with Gasteiger partial charge in [-0.05, 0) is 37.3 Å². The molecule has 9 heteroatoms. The summed E-state index contributed by atoms with van der Waals surface area (Å²) < 4.78 is 8.06. The maximum atomic E-state index is 12.8. The summed E-state index contributed by atoms with van der Waals surface area (Å²) in [6.07, 6.45) is 0. The van der Waals surface area contributed by atoms with Crippen LogP contribution in [0.5, 0.6) is 0 Å². The Morgan fingerprint density at radius 2 is 1.69 bits per heavy atom. The Labute approximate surface area is 176 Å². The zero-order chi connectivity index (χ0) is 21.1. The molecule has 0 aliphatic heterocycles. The Balaban J connectivity index is 1.73. The molecule has 0 spiro atoms. The van der Waals surface area contributed by atoms with Crippen molar-refractivity contribution in [1.82, 2.24) is 9.36 Å². The molecule has 1 aromatic heterocycles. The monoisotopic (exact) mass is 433 g/mol. The molecule has 0 radical (unpaired) electrons. The Morgan fingerprint density at radius 1 is 1.07 bits per heavy atom. The molecule has 1 N–H and O–H groups in total. The number of nitrogens with zero attached hydrogens (tertiary/aromatic N) is 2. The first-order chi connectivity index (χ1) is 13.8. The second kappa shape index (κ2) is 8.55. The second-order valence-corrected chi connectivity index (χ2v) is 7.09. The van der Waals surface area contributed by atoms with Crippen molar-refractivity contribution in [3.63, 3.8) is 0 Å². The predicted octanol–water partition coefficient (Wildman–Crippen LogP) is 3.59. The van der Waals surface area contributed by atoms with Crippen LogP contribution in [0.4, 0.5) is 5.69 Å². The van der Waals surface area contributed by atoms with E-state index in [1.807, 2.05) is 18.2 Å². The van der Waals surface area contributed by atoms with Gasteiger partial charge in [0.2, 0.25) is 0 Å². The van der Waals surface area contributed by atoms with Crippen LogP contribution in [0.3, 0.4) is 0 Å². The van der Waals surface area contributed by atoms with Crippen molar-refractivity contribution in [2.45, 2.75) is 6.92 Å². The lowest BCUT2D eigenvalue weighted by Crippen LogP contribution is -2.25. The van der Waals surface area contributed by atoms with Gasteiger partial charge in [0.15, 0.2) is 6.61 Å². The first kappa shape index (κ1) is 20.7. The predicted molar refractivity (Wildman–Crippen MR) is 111 cm³/mol. The van der Waals surface area contributed by atoms with E-state index in [0.717, 1.165) is 0 Å². The smallest absolute Gasteiger partial charge is 0.338 e. The fourth-order valence-corrected chi connectivity index (χ4v) is 3.30. The molecule has 29 heavy (non-hydrogen) atoms. The minimum absolute atomic E-state index is 0.114. The van der Waals surface area contributed by atoms with Gasteiger partial charge in [0, 0.05) is 17.1 Å². The van der Waals surface area contributed by atoms with Gasteiger partial charge in [-0.1, -0.05) is 41.4 Å². The van der Waals surface area contributed by atoms with E-state index in [-0.39, 0.29) is 21.3 Å². The summed E-state index contributed by atoms with van der Waals surface area (Å²) in [7, 11) is 1.71. The van der Waals surface area contributed by atoms with Crippen molar-refractivity contribution in [1.29, 1.82) is 0 Å². The van der Waals surface area contributed by atoms with Crippen LogP contribution in [-0.2, 0) is 16.6 Å². The maximum absolute atomic E-state index is 12.8. The number of ether oxygens (including phenoxy) is 1. The third-order valence-electron chi connectivity index (χ3n) is 4.25. The lowest BCUT2D eigenvalue weighted by Gasteiger charge is -2.07. The first-order valence-corrected chi connectivity index (χ1v) is 9.30. The van der Waals surface area contributed by atoms with Gasteiger partial charge in [-0.25, -0.2) is 9.48 Å². The molecular formula is C20H17Cl2N3O4. The van der Waals surface area contributed by atoms with Crippen molar-refractivity contribution in [2.24, 2.45) is 7.05 Å². The molecule has 3 rings (SSSR count). The second-order valence-electron chi connectivity index (χ2n) is 6.22. The molecule has 2 aromatic carbocycles. The van der Waals surface area contributed by atoms with E-state index in [2.05, 4.69) is 5.32 Å². The van der Waals surface area contributed by atoms with E-state index < -0.39 is 24.0 Å². The Hall–Kier alpha value is -3.03. The number of aromatic nitrogens is 2. The molecule has 0 aliphatic rings. The van der Waals surface area contributed by atoms with E-state index in [0.29, 0.717) is 11.4 Å². The fourth-order valence-electron chi connectivity index (χ4n) is 2.77. The van der Waals surface area contributed by atoms with Crippen LogP contribution in [0.2, 0.25) is 10.0 Å². The fraction of sp³-hybridized carbons (Fsp3) is 0.150. The Kier molecular flexibility index (Phi) is 6.10. The third kappa shape index (κ3) is 4.52. The highest BCUT2D eigenvalue weighted by Crippen LogP contribution is 2.19. The summed E-state index contributed by atoms with van der Waals surface area (Å²) in [5.74, 6) is -1.39. The molecule has 0 saturated carbocycles. The SMILES string of the molecule is Cc1c(NC(=O)COC(=O)c2cc(Cl)cc(Cl)c2)c(=O)n(-c2ccccc2)n1C. The highest BCUT2D eigenvalue weighted by molar-refractivity contribution is 6.35. The van der Waals surface area contributed by atoms with Gasteiger partial charge in [-0.2, -0.15) is 0 Å². The van der Waals surface area contributed by atoms with Crippen LogP contribution in [0.25, 0.3) is 5.69 Å². The number of anilines is 1. The average Bonchev–Trinajstić information content (AvgIpc) is 2.89. The molecule has 0 aliphatic carbocycles. The van der Waals surface area contributed by atoms with Crippen LogP contribution >= 0.6 is 23.2 Å². The Morgan fingerprint density at radius 3 is 2.31 bits per heavy atom. The van der Waals surface area contributed by atoms with Gasteiger partial charge >= 0.3 is 5.97 Å². The topological polar surface area (TPSA) is 82.3 Å². The number of nitrogens with one attached hydrogen (secondary N) is 1. The number of hydrogen-bond donors (Lipinski definition) is 1. The van der Waals surface area contributed by atoms with E-state index in [9.17, 15) is 14.4 Å². The van der Waals surface area contributed by atoms with Crippen molar-refractivity contribution < 1.29 is 14.3 Å². The number of esters is 1. The highest BCUT2D eigenvalue weighted by atomic mass is 35.5. The number of carbonyl (C=O) groups is 2. The van der Waals surface area contributed by atoms with Crippen LogP contribution in [0, 0.1) is 6.92 Å². The van der Waals surface area contributed by atoms with Gasteiger partial charge < -0.3 is 10.1 Å². The first-order valence-electron chi connectivity index (χ1n) is 8.55. The maximum Gasteiger partial charge on any atom is 0.338 e. The van der Waals surface area contributed by atoms with Crippen molar-refractivity contribution in [3.05, 3.63) is 80.2 Å². The van der Waals surface area contributed by atoms with Gasteiger partial charge in [0.1, 0.15) is 5.69 Å². The number of benzene rings is 2. The summed E-state index contributed by atoms with van der Waals surface area (Å²) in [6, 6.07) is 13.3. The molecule has 0 saturated heterocycles. The van der Waals surface area contributed by atoms with Gasteiger partial charge in [0.25, 0.3) is 11.5 Å². The van der Waals surface area contributed by atoms with E-state index in [4.69, 9.17) is 27.9 Å². The van der Waals surface area contributed by atoms with Crippen molar-refractivity contribution in [3.8, 4) is 5.69 Å². The molecule has 0 bridgehead atoms. The number of carbonyl (C=O) groups excluding carboxylic acids is 2. The van der Waals surface area contributed by atoms with E-state index in [1.54, 1.807) is 30.8 Å². The Bertz CT molecular complexity index is 1120. The molecule has 0 atom stereocenters. The summed E-state index contributed by atoms with van der Waals surface area (Å²) in [5.41, 5.74) is 1.06. The molecular weight excluding hydrogens is 417 g/mol. The minimum Gasteiger partial charge on any atom is -0.452 e. The van der Waals surface area contributed by atoms with Gasteiger partial charge in [-0.3, -0.25) is 14.3 Å². The molecule has 3 aromatic rings. The number of hydrogen-bond acceptors (Lipinski definition) is 4. The number of para-hydroxylation sites is 1. The average molecular weight is 434 g/mol. The molecule has 0 unspecified atom stereocenters. The van der Waals surface area contributed by atoms with E-state index in [1.165, 1.54) is 22.9 Å². The van der Waals surface area contributed by atoms with Crippen molar-refractivity contribution in [2.75, 3.05) is 11.9 Å². The number of halogens is 2. The summed E-state index contributed by atoms with van der Waals surface area (Å²) in [4.78, 5) is 37.1.